The molecule has 1 aliphatic rings. The molecule has 134 valence electrons. The molecule has 0 aliphatic carbocycles. The molecule has 0 N–H and O–H groups in total. The second-order valence-electron chi connectivity index (χ2n) is 6.60. The number of hydrogen-bond acceptors (Lipinski definition) is 4. The molecule has 2 aromatic rings. The van der Waals surface area contributed by atoms with Crippen LogP contribution in [0.3, 0.4) is 0 Å². The summed E-state index contributed by atoms with van der Waals surface area (Å²) in [6, 6.07) is 7.37. The number of aromatic nitrogens is 2. The van der Waals surface area contributed by atoms with Gasteiger partial charge in [-0.2, -0.15) is 4.98 Å². The lowest BCUT2D eigenvalue weighted by molar-refractivity contribution is -0.132. The van der Waals surface area contributed by atoms with E-state index in [1.165, 1.54) is 0 Å². The highest BCUT2D eigenvalue weighted by atomic mass is 35.5. The first-order valence-electron chi connectivity index (χ1n) is 9.04. The fourth-order valence-electron chi connectivity index (χ4n) is 3.21. The quantitative estimate of drug-likeness (QED) is 0.701. The Morgan fingerprint density at radius 1 is 1.32 bits per heavy atom. The first-order valence-corrected chi connectivity index (χ1v) is 9.42. The summed E-state index contributed by atoms with van der Waals surface area (Å²) in [5, 5.41) is 4.77. The first-order chi connectivity index (χ1) is 12.2. The zero-order valence-corrected chi connectivity index (χ0v) is 15.3. The zero-order valence-electron chi connectivity index (χ0n) is 14.6. The van der Waals surface area contributed by atoms with Crippen LogP contribution in [-0.4, -0.2) is 34.0 Å². The standard InChI is InChI=1S/C19H24ClN3O2/c1-2-3-4-7-17(24)23-12-5-6-15(13-23)19-21-18(22-25-19)14-8-10-16(20)11-9-14/h8-11,15H,2-7,12-13H2,1H3/t15-/m0/s1. The number of carbonyl (C=O) groups is 1. The van der Waals surface area contributed by atoms with Gasteiger partial charge in [-0.15, -0.1) is 0 Å². The van der Waals surface area contributed by atoms with E-state index < -0.39 is 0 Å². The Balaban J connectivity index is 1.63. The van der Waals surface area contributed by atoms with Gasteiger partial charge in [-0.05, 0) is 43.5 Å². The fraction of sp³-hybridized carbons (Fsp3) is 0.526. The Morgan fingerprint density at radius 2 is 2.12 bits per heavy atom. The molecule has 0 bridgehead atoms. The molecule has 0 spiro atoms. The molecule has 25 heavy (non-hydrogen) atoms. The van der Waals surface area contributed by atoms with Crippen LogP contribution in [0.25, 0.3) is 11.4 Å². The number of amides is 1. The van der Waals surface area contributed by atoms with Crippen LogP contribution in [0, 0.1) is 0 Å². The van der Waals surface area contributed by atoms with Gasteiger partial charge in [0.15, 0.2) is 0 Å². The fourth-order valence-corrected chi connectivity index (χ4v) is 3.33. The van der Waals surface area contributed by atoms with E-state index in [1.807, 2.05) is 29.2 Å². The maximum absolute atomic E-state index is 12.4. The molecule has 6 heteroatoms. The van der Waals surface area contributed by atoms with Crippen LogP contribution in [0.2, 0.25) is 5.02 Å². The minimum atomic E-state index is 0.123. The number of nitrogens with zero attached hydrogens (tertiary/aromatic N) is 3. The maximum Gasteiger partial charge on any atom is 0.231 e. The van der Waals surface area contributed by atoms with E-state index in [-0.39, 0.29) is 11.8 Å². The van der Waals surface area contributed by atoms with Crippen molar-refractivity contribution in [1.29, 1.82) is 0 Å². The average molecular weight is 362 g/mol. The Labute approximate surface area is 153 Å². The van der Waals surface area contributed by atoms with Gasteiger partial charge in [0.25, 0.3) is 0 Å². The third-order valence-electron chi connectivity index (χ3n) is 4.66. The number of hydrogen-bond donors (Lipinski definition) is 0. The van der Waals surface area contributed by atoms with Gasteiger partial charge in [0, 0.05) is 30.1 Å². The Hall–Kier alpha value is -1.88. The predicted octanol–water partition coefficient (Wildman–Crippen LogP) is 4.68. The van der Waals surface area contributed by atoms with Crippen LogP contribution in [0.15, 0.2) is 28.8 Å². The van der Waals surface area contributed by atoms with Gasteiger partial charge < -0.3 is 9.42 Å². The molecular weight excluding hydrogens is 338 g/mol. The molecule has 1 amide bonds. The summed E-state index contributed by atoms with van der Waals surface area (Å²) >= 11 is 5.92. The molecule has 2 heterocycles. The van der Waals surface area contributed by atoms with Gasteiger partial charge in [0.2, 0.25) is 17.6 Å². The molecule has 1 aromatic heterocycles. The van der Waals surface area contributed by atoms with Crippen molar-refractivity contribution in [3.63, 3.8) is 0 Å². The lowest BCUT2D eigenvalue weighted by Crippen LogP contribution is -2.39. The van der Waals surface area contributed by atoms with Crippen LogP contribution in [0.5, 0.6) is 0 Å². The molecule has 1 aromatic carbocycles. The highest BCUT2D eigenvalue weighted by Crippen LogP contribution is 2.28. The lowest BCUT2D eigenvalue weighted by Gasteiger charge is -2.31. The highest BCUT2D eigenvalue weighted by Gasteiger charge is 2.28. The summed E-state index contributed by atoms with van der Waals surface area (Å²) in [5.74, 6) is 1.56. The number of halogens is 1. The summed E-state index contributed by atoms with van der Waals surface area (Å²) in [5.41, 5.74) is 0.878. The SMILES string of the molecule is CCCCCC(=O)N1CCC[C@H](c2nc(-c3ccc(Cl)cc3)no2)C1. The van der Waals surface area contributed by atoms with Gasteiger partial charge in [-0.1, -0.05) is 36.5 Å². The van der Waals surface area contributed by atoms with Crippen molar-refractivity contribution in [2.75, 3.05) is 13.1 Å². The molecule has 1 aliphatic heterocycles. The topological polar surface area (TPSA) is 59.2 Å². The summed E-state index contributed by atoms with van der Waals surface area (Å²) in [7, 11) is 0. The molecule has 1 saturated heterocycles. The molecule has 3 rings (SSSR count). The minimum Gasteiger partial charge on any atom is -0.342 e. The zero-order chi connectivity index (χ0) is 17.6. The molecular formula is C19H24ClN3O2. The molecule has 0 unspecified atom stereocenters. The van der Waals surface area contributed by atoms with Crippen LogP contribution < -0.4 is 0 Å². The maximum atomic E-state index is 12.4. The van der Waals surface area contributed by atoms with Crippen molar-refractivity contribution >= 4 is 17.5 Å². The third-order valence-corrected chi connectivity index (χ3v) is 4.91. The van der Waals surface area contributed by atoms with Gasteiger partial charge in [0.05, 0.1) is 5.92 Å². The summed E-state index contributed by atoms with van der Waals surface area (Å²) in [6.45, 7) is 3.65. The van der Waals surface area contributed by atoms with E-state index in [1.54, 1.807) is 0 Å². The Morgan fingerprint density at radius 3 is 2.88 bits per heavy atom. The largest absolute Gasteiger partial charge is 0.342 e. The average Bonchev–Trinajstić information content (AvgIpc) is 3.13. The van der Waals surface area contributed by atoms with Gasteiger partial charge in [0.1, 0.15) is 0 Å². The van der Waals surface area contributed by atoms with E-state index in [0.29, 0.717) is 29.7 Å². The van der Waals surface area contributed by atoms with Crippen LogP contribution in [-0.2, 0) is 4.79 Å². The summed E-state index contributed by atoms with van der Waals surface area (Å²) < 4.78 is 5.48. The van der Waals surface area contributed by atoms with Crippen LogP contribution >= 0.6 is 11.6 Å². The first kappa shape index (κ1) is 17.9. The third kappa shape index (κ3) is 4.60. The molecule has 1 fully saturated rings. The normalized spacial score (nSPS) is 17.7. The van der Waals surface area contributed by atoms with Gasteiger partial charge in [-0.25, -0.2) is 0 Å². The van der Waals surface area contributed by atoms with E-state index in [4.69, 9.17) is 16.1 Å². The smallest absolute Gasteiger partial charge is 0.231 e. The Bertz CT molecular complexity index is 699. The number of carbonyl (C=O) groups excluding carboxylic acids is 1. The summed E-state index contributed by atoms with van der Waals surface area (Å²) in [4.78, 5) is 18.9. The van der Waals surface area contributed by atoms with Crippen molar-refractivity contribution in [3.8, 4) is 11.4 Å². The second-order valence-corrected chi connectivity index (χ2v) is 7.04. The molecule has 5 nitrogen and oxygen atoms in total. The van der Waals surface area contributed by atoms with E-state index >= 15 is 0 Å². The molecule has 0 saturated carbocycles. The van der Waals surface area contributed by atoms with Crippen molar-refractivity contribution in [1.82, 2.24) is 15.0 Å². The van der Waals surface area contributed by atoms with Crippen molar-refractivity contribution in [2.45, 2.75) is 51.4 Å². The molecule has 0 radical (unpaired) electrons. The van der Waals surface area contributed by atoms with Gasteiger partial charge in [-0.3, -0.25) is 4.79 Å². The van der Waals surface area contributed by atoms with Crippen LogP contribution in [0.4, 0.5) is 0 Å². The van der Waals surface area contributed by atoms with Gasteiger partial charge >= 0.3 is 0 Å². The van der Waals surface area contributed by atoms with Crippen LogP contribution in [0.1, 0.15) is 57.3 Å². The van der Waals surface area contributed by atoms with E-state index in [2.05, 4.69) is 17.1 Å². The number of piperidine rings is 1. The number of unbranched alkanes of at least 4 members (excludes halogenated alkanes) is 2. The van der Waals surface area contributed by atoms with E-state index in [0.717, 1.165) is 44.2 Å². The van der Waals surface area contributed by atoms with Crippen molar-refractivity contribution in [3.05, 3.63) is 35.2 Å². The predicted molar refractivity (Wildman–Crippen MR) is 97.4 cm³/mol. The molecule has 1 atom stereocenters. The lowest BCUT2D eigenvalue weighted by atomic mass is 9.97. The van der Waals surface area contributed by atoms with E-state index in [9.17, 15) is 4.79 Å². The highest BCUT2D eigenvalue weighted by molar-refractivity contribution is 6.30. The number of likely N-dealkylation sites (tertiary alicyclic amines) is 1. The number of benzene rings is 1. The van der Waals surface area contributed by atoms with Crippen molar-refractivity contribution < 1.29 is 9.32 Å². The second kappa shape index (κ2) is 8.48. The monoisotopic (exact) mass is 361 g/mol. The minimum absolute atomic E-state index is 0.123. The summed E-state index contributed by atoms with van der Waals surface area (Å²) in [6.07, 6.45) is 5.80. The van der Waals surface area contributed by atoms with Crippen molar-refractivity contribution in [2.24, 2.45) is 0 Å². The number of rotatable bonds is 6. The Kier molecular flexibility index (Phi) is 6.08.